The molecule has 1 unspecified atom stereocenters. The summed E-state index contributed by atoms with van der Waals surface area (Å²) in [4.78, 5) is 11.2. The van der Waals surface area contributed by atoms with E-state index in [4.69, 9.17) is 5.73 Å². The van der Waals surface area contributed by atoms with Gasteiger partial charge in [0.25, 0.3) is 0 Å². The maximum Gasteiger partial charge on any atom is 0.248 e. The fourth-order valence-corrected chi connectivity index (χ4v) is 4.10. The molecule has 1 aromatic rings. The molecule has 1 fully saturated rings. The lowest BCUT2D eigenvalue weighted by atomic mass is 10.2. The largest absolute Gasteiger partial charge is 0.366 e. The average molecular weight is 297 g/mol. The zero-order valence-electron chi connectivity index (χ0n) is 11.4. The summed E-state index contributed by atoms with van der Waals surface area (Å²) in [6.45, 7) is 3.75. The highest BCUT2D eigenvalue weighted by atomic mass is 32.2. The first-order valence-corrected chi connectivity index (χ1v) is 8.03. The van der Waals surface area contributed by atoms with Gasteiger partial charge in [0.1, 0.15) is 0 Å². The van der Waals surface area contributed by atoms with Gasteiger partial charge in [0.05, 0.1) is 4.90 Å². The summed E-state index contributed by atoms with van der Waals surface area (Å²) in [6, 6.07) is 5.73. The lowest BCUT2D eigenvalue weighted by Crippen LogP contribution is -2.41. The summed E-state index contributed by atoms with van der Waals surface area (Å²) in [5, 5.41) is 3.17. The molecule has 1 aliphatic rings. The van der Waals surface area contributed by atoms with Crippen molar-refractivity contribution in [1.82, 2.24) is 9.62 Å². The number of sulfonamides is 1. The van der Waals surface area contributed by atoms with Gasteiger partial charge >= 0.3 is 0 Å². The van der Waals surface area contributed by atoms with Gasteiger partial charge in [-0.1, -0.05) is 6.92 Å². The number of amides is 1. The molecule has 20 heavy (non-hydrogen) atoms. The van der Waals surface area contributed by atoms with Gasteiger partial charge in [-0.2, -0.15) is 4.31 Å². The molecule has 3 N–H and O–H groups in total. The number of rotatable bonds is 5. The zero-order valence-corrected chi connectivity index (χ0v) is 12.2. The molecule has 0 aromatic heterocycles. The van der Waals surface area contributed by atoms with Crippen LogP contribution in [-0.2, 0) is 10.0 Å². The Morgan fingerprint density at radius 3 is 2.50 bits per heavy atom. The Kier molecular flexibility index (Phi) is 4.42. The first-order chi connectivity index (χ1) is 9.46. The van der Waals surface area contributed by atoms with Gasteiger partial charge in [-0.05, 0) is 37.2 Å². The Bertz CT molecular complexity index is 577. The van der Waals surface area contributed by atoms with Gasteiger partial charge in [-0.15, -0.1) is 0 Å². The number of hydrogen-bond acceptors (Lipinski definition) is 4. The number of nitrogens with one attached hydrogen (secondary N) is 1. The lowest BCUT2D eigenvalue weighted by molar-refractivity contribution is 0.1000. The molecule has 0 bridgehead atoms. The third-order valence-corrected chi connectivity index (χ3v) is 5.54. The fraction of sp³-hybridized carbons (Fsp3) is 0.462. The van der Waals surface area contributed by atoms with Crippen LogP contribution < -0.4 is 11.1 Å². The standard InChI is InChI=1S/C13H19N3O3S/c1-2-16(11-7-8-15-9-11)20(18,19)12-5-3-10(4-6-12)13(14)17/h3-6,11,15H,2,7-9H2,1H3,(H2,14,17). The summed E-state index contributed by atoms with van der Waals surface area (Å²) in [6.07, 6.45) is 0.812. The summed E-state index contributed by atoms with van der Waals surface area (Å²) in [5.74, 6) is -0.568. The summed E-state index contributed by atoms with van der Waals surface area (Å²) in [7, 11) is -3.54. The van der Waals surface area contributed by atoms with Crippen LogP contribution >= 0.6 is 0 Å². The van der Waals surface area contributed by atoms with Crippen LogP contribution in [0.2, 0.25) is 0 Å². The first kappa shape index (κ1) is 15.0. The molecule has 0 radical (unpaired) electrons. The molecule has 1 atom stereocenters. The number of carbonyl (C=O) groups excluding carboxylic acids is 1. The van der Waals surface area contributed by atoms with Crippen LogP contribution in [0, 0.1) is 0 Å². The molecule has 6 nitrogen and oxygen atoms in total. The minimum atomic E-state index is -3.54. The highest BCUT2D eigenvalue weighted by molar-refractivity contribution is 7.89. The smallest absolute Gasteiger partial charge is 0.248 e. The van der Waals surface area contributed by atoms with Crippen molar-refractivity contribution in [3.63, 3.8) is 0 Å². The van der Waals surface area contributed by atoms with E-state index < -0.39 is 15.9 Å². The van der Waals surface area contributed by atoms with Crippen LogP contribution in [0.5, 0.6) is 0 Å². The molecular formula is C13H19N3O3S. The van der Waals surface area contributed by atoms with Gasteiger partial charge in [0, 0.05) is 24.7 Å². The van der Waals surface area contributed by atoms with E-state index in [-0.39, 0.29) is 10.9 Å². The highest BCUT2D eigenvalue weighted by Gasteiger charge is 2.31. The molecule has 1 aromatic carbocycles. The Labute approximate surface area is 119 Å². The van der Waals surface area contributed by atoms with Crippen LogP contribution in [0.4, 0.5) is 0 Å². The van der Waals surface area contributed by atoms with E-state index in [1.807, 2.05) is 6.92 Å². The SMILES string of the molecule is CCN(C1CCNC1)S(=O)(=O)c1ccc(C(N)=O)cc1. The van der Waals surface area contributed by atoms with Crippen LogP contribution in [0.1, 0.15) is 23.7 Å². The minimum absolute atomic E-state index is 0.0131. The van der Waals surface area contributed by atoms with E-state index in [2.05, 4.69) is 5.32 Å². The van der Waals surface area contributed by atoms with Gasteiger partial charge in [0.15, 0.2) is 0 Å². The van der Waals surface area contributed by atoms with Gasteiger partial charge in [0.2, 0.25) is 15.9 Å². The zero-order chi connectivity index (χ0) is 14.8. The second kappa shape index (κ2) is 5.90. The molecule has 1 saturated heterocycles. The maximum absolute atomic E-state index is 12.6. The van der Waals surface area contributed by atoms with Crippen molar-refractivity contribution in [3.05, 3.63) is 29.8 Å². The maximum atomic E-state index is 12.6. The summed E-state index contributed by atoms with van der Waals surface area (Å²) >= 11 is 0. The molecular weight excluding hydrogens is 278 g/mol. The van der Waals surface area contributed by atoms with Crippen molar-refractivity contribution < 1.29 is 13.2 Å². The van der Waals surface area contributed by atoms with Crippen molar-refractivity contribution >= 4 is 15.9 Å². The molecule has 0 aliphatic carbocycles. The second-order valence-electron chi connectivity index (χ2n) is 4.74. The van der Waals surface area contributed by atoms with Crippen LogP contribution in [0.25, 0.3) is 0 Å². The Morgan fingerprint density at radius 2 is 2.05 bits per heavy atom. The Balaban J connectivity index is 2.30. The third kappa shape index (κ3) is 2.84. The summed E-state index contributed by atoms with van der Waals surface area (Å²) < 4.78 is 26.7. The number of hydrogen-bond donors (Lipinski definition) is 2. The molecule has 1 heterocycles. The average Bonchev–Trinajstić information content (AvgIpc) is 2.93. The van der Waals surface area contributed by atoms with E-state index in [0.717, 1.165) is 13.0 Å². The normalized spacial score (nSPS) is 19.4. The highest BCUT2D eigenvalue weighted by Crippen LogP contribution is 2.21. The predicted octanol–water partition coefficient (Wildman–Crippen LogP) is 0.158. The predicted molar refractivity (Wildman–Crippen MR) is 75.8 cm³/mol. The minimum Gasteiger partial charge on any atom is -0.366 e. The fourth-order valence-electron chi connectivity index (χ4n) is 2.44. The van der Waals surface area contributed by atoms with Crippen LogP contribution in [-0.4, -0.2) is 44.3 Å². The van der Waals surface area contributed by atoms with Crippen LogP contribution in [0.15, 0.2) is 29.2 Å². The Morgan fingerprint density at radius 1 is 1.40 bits per heavy atom. The molecule has 0 spiro atoms. The molecule has 1 aliphatic heterocycles. The van der Waals surface area contributed by atoms with E-state index in [1.54, 1.807) is 0 Å². The second-order valence-corrected chi connectivity index (χ2v) is 6.63. The first-order valence-electron chi connectivity index (χ1n) is 6.59. The van der Waals surface area contributed by atoms with Crippen molar-refractivity contribution in [2.24, 2.45) is 5.73 Å². The molecule has 0 saturated carbocycles. The van der Waals surface area contributed by atoms with Gasteiger partial charge in [-0.25, -0.2) is 8.42 Å². The van der Waals surface area contributed by atoms with Crippen molar-refractivity contribution in [3.8, 4) is 0 Å². The summed E-state index contributed by atoms with van der Waals surface area (Å²) in [5.41, 5.74) is 5.45. The van der Waals surface area contributed by atoms with E-state index in [1.165, 1.54) is 28.6 Å². The van der Waals surface area contributed by atoms with E-state index >= 15 is 0 Å². The molecule has 1 amide bonds. The van der Waals surface area contributed by atoms with Gasteiger partial charge < -0.3 is 11.1 Å². The number of carbonyl (C=O) groups is 1. The number of nitrogens with two attached hydrogens (primary N) is 1. The third-order valence-electron chi connectivity index (χ3n) is 3.50. The number of likely N-dealkylation sites (N-methyl/N-ethyl adjacent to an activating group) is 1. The van der Waals surface area contributed by atoms with E-state index in [0.29, 0.717) is 18.7 Å². The van der Waals surface area contributed by atoms with Crippen LogP contribution in [0.3, 0.4) is 0 Å². The lowest BCUT2D eigenvalue weighted by Gasteiger charge is -2.26. The van der Waals surface area contributed by atoms with E-state index in [9.17, 15) is 13.2 Å². The number of primary amides is 1. The van der Waals surface area contributed by atoms with Crippen molar-refractivity contribution in [2.75, 3.05) is 19.6 Å². The molecule has 110 valence electrons. The number of nitrogens with zero attached hydrogens (tertiary/aromatic N) is 1. The monoisotopic (exact) mass is 297 g/mol. The number of benzene rings is 1. The molecule has 7 heteroatoms. The molecule has 2 rings (SSSR count). The Hall–Kier alpha value is -1.44. The van der Waals surface area contributed by atoms with Gasteiger partial charge in [-0.3, -0.25) is 4.79 Å². The topological polar surface area (TPSA) is 92.5 Å². The van der Waals surface area contributed by atoms with Crippen molar-refractivity contribution in [1.29, 1.82) is 0 Å². The quantitative estimate of drug-likeness (QED) is 0.809. The van der Waals surface area contributed by atoms with Crippen molar-refractivity contribution in [2.45, 2.75) is 24.3 Å².